The Hall–Kier alpha value is -0.980. The lowest BCUT2D eigenvalue weighted by Gasteiger charge is -2.34. The van der Waals surface area contributed by atoms with Crippen molar-refractivity contribution in [2.45, 2.75) is 32.1 Å². The molecule has 0 saturated carbocycles. The Balaban J connectivity index is 2.48. The zero-order chi connectivity index (χ0) is 9.31. The summed E-state index contributed by atoms with van der Waals surface area (Å²) in [6.45, 7) is 5.44. The monoisotopic (exact) mass is 176 g/mol. The molecule has 1 heteroatoms. The summed E-state index contributed by atoms with van der Waals surface area (Å²) in [5.74, 6) is 1.08. The van der Waals surface area contributed by atoms with E-state index in [-0.39, 0.29) is 0 Å². The number of rotatable bonds is 1. The maximum Gasteiger partial charge on any atom is 0.123 e. The van der Waals surface area contributed by atoms with E-state index < -0.39 is 0 Å². The van der Waals surface area contributed by atoms with Gasteiger partial charge in [-0.25, -0.2) is 0 Å². The number of hydrogen-bond acceptors (Lipinski definition) is 1. The molecule has 0 bridgehead atoms. The van der Waals surface area contributed by atoms with E-state index in [2.05, 4.69) is 32.0 Å². The molecule has 1 nitrogen and oxygen atoms in total. The smallest absolute Gasteiger partial charge is 0.123 e. The van der Waals surface area contributed by atoms with Gasteiger partial charge < -0.3 is 4.74 Å². The summed E-state index contributed by atoms with van der Waals surface area (Å²) in [6, 6.07) is 8.40. The predicted molar refractivity (Wildman–Crippen MR) is 54.2 cm³/mol. The number of hydrogen-bond donors (Lipinski definition) is 0. The van der Waals surface area contributed by atoms with Crippen molar-refractivity contribution in [3.8, 4) is 5.75 Å². The summed E-state index contributed by atoms with van der Waals surface area (Å²) in [5, 5.41) is 0. The van der Waals surface area contributed by atoms with Crippen LogP contribution in [0.15, 0.2) is 24.3 Å². The van der Waals surface area contributed by atoms with Crippen molar-refractivity contribution in [3.05, 3.63) is 29.8 Å². The second-order valence-corrected chi connectivity index (χ2v) is 4.01. The Kier molecular flexibility index (Phi) is 2.03. The minimum absolute atomic E-state index is 0.328. The molecule has 0 saturated heterocycles. The number of para-hydroxylation sites is 1. The number of fused-ring (bicyclic) bond motifs is 1. The first-order valence-corrected chi connectivity index (χ1v) is 4.98. The van der Waals surface area contributed by atoms with Gasteiger partial charge in [0.1, 0.15) is 5.75 Å². The van der Waals surface area contributed by atoms with E-state index in [0.29, 0.717) is 5.41 Å². The van der Waals surface area contributed by atoms with Crippen molar-refractivity contribution in [2.75, 3.05) is 6.61 Å². The van der Waals surface area contributed by atoms with Crippen molar-refractivity contribution in [2.24, 2.45) is 0 Å². The largest absolute Gasteiger partial charge is 0.493 e. The maximum atomic E-state index is 5.62. The Bertz CT molecular complexity index is 306. The van der Waals surface area contributed by atoms with Crippen LogP contribution in [0.3, 0.4) is 0 Å². The molecule has 1 aliphatic rings. The molecule has 0 unspecified atom stereocenters. The van der Waals surface area contributed by atoms with Crippen LogP contribution in [-0.4, -0.2) is 6.61 Å². The quantitative estimate of drug-likeness (QED) is 0.638. The fraction of sp³-hybridized carbons (Fsp3) is 0.500. The van der Waals surface area contributed by atoms with E-state index >= 15 is 0 Å². The third kappa shape index (κ3) is 1.32. The average molecular weight is 176 g/mol. The van der Waals surface area contributed by atoms with Gasteiger partial charge in [0.2, 0.25) is 0 Å². The summed E-state index contributed by atoms with van der Waals surface area (Å²) in [6.07, 6.45) is 2.33. The van der Waals surface area contributed by atoms with Gasteiger partial charge in [-0.15, -0.1) is 0 Å². The van der Waals surface area contributed by atoms with Crippen LogP contribution in [0.4, 0.5) is 0 Å². The van der Waals surface area contributed by atoms with Crippen molar-refractivity contribution in [1.82, 2.24) is 0 Å². The molecule has 0 amide bonds. The molecule has 0 aliphatic carbocycles. The Labute approximate surface area is 79.7 Å². The molecule has 0 spiro atoms. The molecule has 0 aromatic heterocycles. The molecule has 2 rings (SSSR count). The summed E-state index contributed by atoms with van der Waals surface area (Å²) in [7, 11) is 0. The van der Waals surface area contributed by atoms with Crippen LogP contribution in [0.5, 0.6) is 5.75 Å². The highest BCUT2D eigenvalue weighted by Crippen LogP contribution is 2.40. The van der Waals surface area contributed by atoms with Crippen molar-refractivity contribution >= 4 is 0 Å². The fourth-order valence-electron chi connectivity index (χ4n) is 1.98. The minimum Gasteiger partial charge on any atom is -0.493 e. The average Bonchev–Trinajstić information content (AvgIpc) is 2.19. The van der Waals surface area contributed by atoms with Crippen LogP contribution in [0.1, 0.15) is 32.3 Å². The zero-order valence-electron chi connectivity index (χ0n) is 8.34. The number of ether oxygens (including phenoxy) is 1. The normalized spacial score (nSPS) is 26.3. The molecule has 70 valence electrons. The molecule has 0 N–H and O–H groups in total. The molecule has 1 atom stereocenters. The third-order valence-corrected chi connectivity index (χ3v) is 3.23. The van der Waals surface area contributed by atoms with Crippen LogP contribution in [0, 0.1) is 0 Å². The highest BCUT2D eigenvalue weighted by molar-refractivity contribution is 5.40. The summed E-state index contributed by atoms with van der Waals surface area (Å²) in [4.78, 5) is 0. The summed E-state index contributed by atoms with van der Waals surface area (Å²) < 4.78 is 5.62. The van der Waals surface area contributed by atoms with Crippen LogP contribution >= 0.6 is 0 Å². The van der Waals surface area contributed by atoms with Gasteiger partial charge in [-0.2, -0.15) is 0 Å². The van der Waals surface area contributed by atoms with Gasteiger partial charge in [0.05, 0.1) is 6.61 Å². The highest BCUT2D eigenvalue weighted by atomic mass is 16.5. The fourth-order valence-corrected chi connectivity index (χ4v) is 1.98. The van der Waals surface area contributed by atoms with Crippen LogP contribution < -0.4 is 4.74 Å². The molecular weight excluding hydrogens is 160 g/mol. The number of benzene rings is 1. The first kappa shape index (κ1) is 8.61. The Morgan fingerprint density at radius 1 is 1.38 bits per heavy atom. The van der Waals surface area contributed by atoms with Crippen LogP contribution in [0.25, 0.3) is 0 Å². The van der Waals surface area contributed by atoms with Gasteiger partial charge >= 0.3 is 0 Å². The molecule has 1 aromatic rings. The first-order valence-electron chi connectivity index (χ1n) is 4.98. The standard InChI is InChI=1S/C12H16O/c1-3-12(2)8-9-13-11-7-5-4-6-10(11)12/h4-7H,3,8-9H2,1-2H3/t12-/m0/s1. The van der Waals surface area contributed by atoms with Gasteiger partial charge in [-0.3, -0.25) is 0 Å². The lowest BCUT2D eigenvalue weighted by Crippen LogP contribution is -2.28. The van der Waals surface area contributed by atoms with Crippen molar-refractivity contribution in [1.29, 1.82) is 0 Å². The molecule has 1 aromatic carbocycles. The van der Waals surface area contributed by atoms with E-state index in [0.717, 1.165) is 18.8 Å². The molecule has 0 radical (unpaired) electrons. The topological polar surface area (TPSA) is 9.23 Å². The Morgan fingerprint density at radius 3 is 2.92 bits per heavy atom. The van der Waals surface area contributed by atoms with E-state index in [9.17, 15) is 0 Å². The molecule has 13 heavy (non-hydrogen) atoms. The summed E-state index contributed by atoms with van der Waals surface area (Å²) in [5.41, 5.74) is 1.71. The van der Waals surface area contributed by atoms with Crippen molar-refractivity contribution < 1.29 is 4.74 Å². The van der Waals surface area contributed by atoms with E-state index in [1.54, 1.807) is 0 Å². The maximum absolute atomic E-state index is 5.62. The molecular formula is C12H16O. The van der Waals surface area contributed by atoms with Gasteiger partial charge in [-0.05, 0) is 24.3 Å². The van der Waals surface area contributed by atoms with Crippen molar-refractivity contribution in [3.63, 3.8) is 0 Å². The second kappa shape index (κ2) is 3.06. The van der Waals surface area contributed by atoms with Gasteiger partial charge in [0.25, 0.3) is 0 Å². The van der Waals surface area contributed by atoms with E-state index in [1.165, 1.54) is 12.0 Å². The molecule has 0 fully saturated rings. The second-order valence-electron chi connectivity index (χ2n) is 4.01. The third-order valence-electron chi connectivity index (χ3n) is 3.23. The molecule has 1 heterocycles. The minimum atomic E-state index is 0.328. The van der Waals surface area contributed by atoms with E-state index in [4.69, 9.17) is 4.74 Å². The first-order chi connectivity index (χ1) is 6.26. The highest BCUT2D eigenvalue weighted by Gasteiger charge is 2.30. The van der Waals surface area contributed by atoms with Gasteiger partial charge in [0.15, 0.2) is 0 Å². The lowest BCUT2D eigenvalue weighted by molar-refractivity contribution is 0.220. The SMILES string of the molecule is CC[C@@]1(C)CCOc2ccccc21. The Morgan fingerprint density at radius 2 is 2.15 bits per heavy atom. The molecule has 1 aliphatic heterocycles. The lowest BCUT2D eigenvalue weighted by atomic mass is 9.76. The predicted octanol–water partition coefficient (Wildman–Crippen LogP) is 3.14. The van der Waals surface area contributed by atoms with Crippen LogP contribution in [0.2, 0.25) is 0 Å². The summed E-state index contributed by atoms with van der Waals surface area (Å²) >= 11 is 0. The van der Waals surface area contributed by atoms with Gasteiger partial charge in [-0.1, -0.05) is 32.0 Å². The van der Waals surface area contributed by atoms with E-state index in [1.807, 2.05) is 6.07 Å². The van der Waals surface area contributed by atoms with Gasteiger partial charge in [0, 0.05) is 5.56 Å². The zero-order valence-corrected chi connectivity index (χ0v) is 8.34. The van der Waals surface area contributed by atoms with Crippen LogP contribution in [-0.2, 0) is 5.41 Å².